The van der Waals surface area contributed by atoms with Gasteiger partial charge >= 0.3 is 11.9 Å². The third-order valence-corrected chi connectivity index (χ3v) is 4.25. The number of rotatable bonds is 16. The van der Waals surface area contributed by atoms with E-state index in [0.29, 0.717) is 31.3 Å². The summed E-state index contributed by atoms with van der Waals surface area (Å²) in [6.07, 6.45) is 6.54. The van der Waals surface area contributed by atoms with Crippen LogP contribution in [0.25, 0.3) is 0 Å². The van der Waals surface area contributed by atoms with Gasteiger partial charge in [-0.15, -0.1) is 0 Å². The molecule has 2 unspecified atom stereocenters. The van der Waals surface area contributed by atoms with Gasteiger partial charge in [0.2, 0.25) is 0 Å². The van der Waals surface area contributed by atoms with Gasteiger partial charge < -0.3 is 14.2 Å². The van der Waals surface area contributed by atoms with Crippen molar-refractivity contribution in [2.75, 3.05) is 13.2 Å². The van der Waals surface area contributed by atoms with Crippen LogP contribution >= 0.6 is 0 Å². The summed E-state index contributed by atoms with van der Waals surface area (Å²) >= 11 is 0. The van der Waals surface area contributed by atoms with Crippen LogP contribution in [-0.2, 0) is 23.8 Å². The van der Waals surface area contributed by atoms with Gasteiger partial charge in [-0.05, 0) is 38.5 Å². The lowest BCUT2D eigenvalue weighted by Crippen LogP contribution is -2.26. The van der Waals surface area contributed by atoms with Crippen molar-refractivity contribution >= 4 is 11.9 Å². The molecular weight excluding hydrogens is 344 g/mol. The zero-order valence-electron chi connectivity index (χ0n) is 18.4. The number of carbonyl (C=O) groups excluding carboxylic acids is 2. The van der Waals surface area contributed by atoms with Gasteiger partial charge in [0, 0.05) is 12.8 Å². The largest absolute Gasteiger partial charge is 0.463 e. The van der Waals surface area contributed by atoms with Crippen LogP contribution in [0.3, 0.4) is 0 Å². The van der Waals surface area contributed by atoms with E-state index in [4.69, 9.17) is 14.2 Å². The Morgan fingerprint density at radius 3 is 1.70 bits per heavy atom. The third kappa shape index (κ3) is 18.0. The average molecular weight is 387 g/mol. The van der Waals surface area contributed by atoms with Crippen molar-refractivity contribution in [3.8, 4) is 0 Å². The summed E-state index contributed by atoms with van der Waals surface area (Å²) in [6, 6.07) is 0. The molecule has 0 aromatic heterocycles. The normalized spacial score (nSPS) is 13.6. The molecule has 0 aliphatic rings. The Morgan fingerprint density at radius 1 is 0.667 bits per heavy atom. The van der Waals surface area contributed by atoms with Crippen molar-refractivity contribution in [3.63, 3.8) is 0 Å². The molecule has 0 spiro atoms. The topological polar surface area (TPSA) is 61.8 Å². The summed E-state index contributed by atoms with van der Waals surface area (Å²) < 4.78 is 16.2. The molecule has 5 nitrogen and oxygen atoms in total. The first-order chi connectivity index (χ1) is 12.7. The van der Waals surface area contributed by atoms with E-state index in [-0.39, 0.29) is 30.8 Å². The molecular formula is C22H42O5. The van der Waals surface area contributed by atoms with Crippen LogP contribution in [0.1, 0.15) is 92.9 Å². The maximum atomic E-state index is 11.8. The van der Waals surface area contributed by atoms with Crippen molar-refractivity contribution in [3.05, 3.63) is 0 Å². The number of hydrogen-bond acceptors (Lipinski definition) is 5. The molecule has 0 heterocycles. The van der Waals surface area contributed by atoms with Gasteiger partial charge in [0.1, 0.15) is 12.7 Å². The summed E-state index contributed by atoms with van der Waals surface area (Å²) in [5.41, 5.74) is 0. The maximum absolute atomic E-state index is 11.8. The SMILES string of the molecule is CC(C)CCCCC(=O)OCC(C)OCC(C)OC(=O)CCCCC(C)C. The molecule has 0 saturated heterocycles. The number of carbonyl (C=O) groups is 2. The first kappa shape index (κ1) is 25.9. The van der Waals surface area contributed by atoms with E-state index in [2.05, 4.69) is 27.7 Å². The van der Waals surface area contributed by atoms with Crippen LogP contribution in [0.15, 0.2) is 0 Å². The minimum absolute atomic E-state index is 0.171. The van der Waals surface area contributed by atoms with Crippen LogP contribution in [0.2, 0.25) is 0 Å². The number of ether oxygens (including phenoxy) is 3. The molecule has 0 aromatic rings. The summed E-state index contributed by atoms with van der Waals surface area (Å²) in [4.78, 5) is 23.5. The van der Waals surface area contributed by atoms with E-state index < -0.39 is 0 Å². The maximum Gasteiger partial charge on any atom is 0.306 e. The van der Waals surface area contributed by atoms with Crippen molar-refractivity contribution in [2.24, 2.45) is 11.8 Å². The standard InChI is InChI=1S/C22H42O5/c1-17(2)11-7-9-13-21(23)26-15-19(5)25-16-20(6)27-22(24)14-10-8-12-18(3)4/h17-20H,7-16H2,1-6H3. The fourth-order valence-electron chi connectivity index (χ4n) is 2.59. The van der Waals surface area contributed by atoms with Gasteiger partial charge in [-0.1, -0.05) is 53.4 Å². The molecule has 5 heteroatoms. The quantitative estimate of drug-likeness (QED) is 0.266. The monoisotopic (exact) mass is 386 g/mol. The van der Waals surface area contributed by atoms with E-state index in [1.54, 1.807) is 0 Å². The molecule has 0 aromatic carbocycles. The van der Waals surface area contributed by atoms with E-state index >= 15 is 0 Å². The highest BCUT2D eigenvalue weighted by atomic mass is 16.6. The summed E-state index contributed by atoms with van der Waals surface area (Å²) in [5.74, 6) is 1.000. The lowest BCUT2D eigenvalue weighted by molar-refractivity contribution is -0.154. The van der Waals surface area contributed by atoms with Gasteiger partial charge in [0.15, 0.2) is 0 Å². The predicted molar refractivity (Wildman–Crippen MR) is 109 cm³/mol. The van der Waals surface area contributed by atoms with Gasteiger partial charge in [0.25, 0.3) is 0 Å². The molecule has 0 radical (unpaired) electrons. The van der Waals surface area contributed by atoms with Crippen molar-refractivity contribution in [1.82, 2.24) is 0 Å². The van der Waals surface area contributed by atoms with Gasteiger partial charge in [-0.25, -0.2) is 0 Å². The molecule has 0 saturated carbocycles. The zero-order valence-corrected chi connectivity index (χ0v) is 18.4. The Morgan fingerprint density at radius 2 is 1.19 bits per heavy atom. The molecule has 0 aliphatic heterocycles. The fraction of sp³-hybridized carbons (Fsp3) is 0.909. The highest BCUT2D eigenvalue weighted by Gasteiger charge is 2.13. The first-order valence-electron chi connectivity index (χ1n) is 10.7. The van der Waals surface area contributed by atoms with Gasteiger partial charge in [-0.3, -0.25) is 9.59 Å². The average Bonchev–Trinajstić information content (AvgIpc) is 2.58. The summed E-state index contributed by atoms with van der Waals surface area (Å²) in [7, 11) is 0. The lowest BCUT2D eigenvalue weighted by atomic mass is 10.1. The molecule has 0 N–H and O–H groups in total. The summed E-state index contributed by atoms with van der Waals surface area (Å²) in [5, 5.41) is 0. The third-order valence-electron chi connectivity index (χ3n) is 4.25. The Kier molecular flexibility index (Phi) is 15.3. The molecule has 0 fully saturated rings. The van der Waals surface area contributed by atoms with Crippen molar-refractivity contribution in [1.29, 1.82) is 0 Å². The van der Waals surface area contributed by atoms with Gasteiger partial charge in [0.05, 0.1) is 12.7 Å². The van der Waals surface area contributed by atoms with E-state index in [1.165, 1.54) is 0 Å². The Labute approximate surface area is 166 Å². The van der Waals surface area contributed by atoms with Crippen molar-refractivity contribution < 1.29 is 23.8 Å². The van der Waals surface area contributed by atoms with Crippen LogP contribution in [-0.4, -0.2) is 37.4 Å². The molecule has 27 heavy (non-hydrogen) atoms. The van der Waals surface area contributed by atoms with Crippen molar-refractivity contribution in [2.45, 2.75) is 105 Å². The van der Waals surface area contributed by atoms with Crippen LogP contribution in [0.4, 0.5) is 0 Å². The highest BCUT2D eigenvalue weighted by Crippen LogP contribution is 2.10. The minimum atomic E-state index is -0.295. The van der Waals surface area contributed by atoms with E-state index in [9.17, 15) is 9.59 Å². The molecule has 0 aliphatic carbocycles. The Hall–Kier alpha value is -1.10. The zero-order chi connectivity index (χ0) is 20.7. The lowest BCUT2D eigenvalue weighted by Gasteiger charge is -2.18. The van der Waals surface area contributed by atoms with Crippen LogP contribution in [0, 0.1) is 11.8 Å². The molecule has 0 rings (SSSR count). The Bertz CT molecular complexity index is 392. The smallest absolute Gasteiger partial charge is 0.306 e. The first-order valence-corrected chi connectivity index (χ1v) is 10.7. The molecule has 160 valence electrons. The van der Waals surface area contributed by atoms with Gasteiger partial charge in [-0.2, -0.15) is 0 Å². The fourth-order valence-corrected chi connectivity index (χ4v) is 2.59. The highest BCUT2D eigenvalue weighted by molar-refractivity contribution is 5.69. The Balaban J connectivity index is 3.70. The molecule has 2 atom stereocenters. The minimum Gasteiger partial charge on any atom is -0.463 e. The number of hydrogen-bond donors (Lipinski definition) is 0. The molecule has 0 amide bonds. The second-order valence-corrected chi connectivity index (χ2v) is 8.41. The summed E-state index contributed by atoms with van der Waals surface area (Å²) in [6.45, 7) is 13.0. The van der Waals surface area contributed by atoms with Crippen LogP contribution < -0.4 is 0 Å². The second-order valence-electron chi connectivity index (χ2n) is 8.41. The van der Waals surface area contributed by atoms with E-state index in [0.717, 1.165) is 38.5 Å². The number of esters is 2. The predicted octanol–water partition coefficient (Wildman–Crippen LogP) is 5.30. The van der Waals surface area contributed by atoms with Crippen LogP contribution in [0.5, 0.6) is 0 Å². The number of unbranched alkanes of at least 4 members (excludes halogenated alkanes) is 2. The second kappa shape index (κ2) is 15.9. The molecule has 0 bridgehead atoms. The van der Waals surface area contributed by atoms with E-state index in [1.807, 2.05) is 13.8 Å².